The maximum Gasteiger partial charge on any atom is 0.140 e. The van der Waals surface area contributed by atoms with Gasteiger partial charge in [0.05, 0.1) is 12.7 Å². The summed E-state index contributed by atoms with van der Waals surface area (Å²) >= 11 is 0. The van der Waals surface area contributed by atoms with Gasteiger partial charge < -0.3 is 4.74 Å². The van der Waals surface area contributed by atoms with Crippen LogP contribution in [0.2, 0.25) is 0 Å². The first-order valence-corrected chi connectivity index (χ1v) is 3.34. The average Bonchev–Trinajstić information content (AvgIpc) is 1.80. The van der Waals surface area contributed by atoms with Gasteiger partial charge in [0.1, 0.15) is 5.78 Å². The van der Waals surface area contributed by atoms with Crippen LogP contribution in [0.1, 0.15) is 20.3 Å². The largest absolute Gasteiger partial charge is 0.377 e. The molecular formula is C7H12O2. The van der Waals surface area contributed by atoms with Crippen molar-refractivity contribution in [2.45, 2.75) is 26.4 Å². The quantitative estimate of drug-likeness (QED) is 0.486. The maximum absolute atomic E-state index is 10.9. The molecule has 1 rings (SSSR count). The topological polar surface area (TPSA) is 26.3 Å². The molecule has 2 nitrogen and oxygen atoms in total. The van der Waals surface area contributed by atoms with Gasteiger partial charge in [-0.3, -0.25) is 4.79 Å². The van der Waals surface area contributed by atoms with E-state index in [9.17, 15) is 4.79 Å². The Morgan fingerprint density at radius 3 is 2.67 bits per heavy atom. The van der Waals surface area contributed by atoms with Gasteiger partial charge in [-0.1, -0.05) is 6.92 Å². The minimum absolute atomic E-state index is 0.126. The van der Waals surface area contributed by atoms with Crippen LogP contribution in [0.4, 0.5) is 0 Å². The van der Waals surface area contributed by atoms with Crippen molar-refractivity contribution in [1.82, 2.24) is 0 Å². The first-order valence-electron chi connectivity index (χ1n) is 3.34. The van der Waals surface area contributed by atoms with Crippen molar-refractivity contribution in [1.29, 1.82) is 0 Å². The van der Waals surface area contributed by atoms with E-state index in [1.54, 1.807) is 0 Å². The van der Waals surface area contributed by atoms with E-state index in [2.05, 4.69) is 0 Å². The number of carbonyl (C=O) groups excluding carboxylic acids is 1. The van der Waals surface area contributed by atoms with Crippen molar-refractivity contribution in [3.63, 3.8) is 0 Å². The molecule has 0 aromatic carbocycles. The van der Waals surface area contributed by atoms with Gasteiger partial charge in [0.15, 0.2) is 0 Å². The second-order valence-electron chi connectivity index (χ2n) is 2.72. The molecule has 2 heteroatoms. The molecule has 0 unspecified atom stereocenters. The smallest absolute Gasteiger partial charge is 0.140 e. The molecule has 1 heterocycles. The predicted molar refractivity (Wildman–Crippen MR) is 34.2 cm³/mol. The van der Waals surface area contributed by atoms with Gasteiger partial charge in [-0.15, -0.1) is 0 Å². The Morgan fingerprint density at radius 1 is 1.56 bits per heavy atom. The van der Waals surface area contributed by atoms with Crippen LogP contribution in [0.25, 0.3) is 0 Å². The van der Waals surface area contributed by atoms with E-state index in [1.165, 1.54) is 0 Å². The summed E-state index contributed by atoms with van der Waals surface area (Å²) in [5.41, 5.74) is 0. The number of Topliss-reactive ketones (excluding diaryl/α,β-unsaturated/α-hetero) is 1. The summed E-state index contributed by atoms with van der Waals surface area (Å²) in [4.78, 5) is 10.9. The summed E-state index contributed by atoms with van der Waals surface area (Å²) < 4.78 is 5.24. The lowest BCUT2D eigenvalue weighted by Gasteiger charge is -2.22. The monoisotopic (exact) mass is 128 g/mol. The summed E-state index contributed by atoms with van der Waals surface area (Å²) in [5.74, 6) is 0.468. The Morgan fingerprint density at radius 2 is 2.22 bits per heavy atom. The Hall–Kier alpha value is -0.370. The number of carbonyl (C=O) groups is 1. The van der Waals surface area contributed by atoms with Crippen LogP contribution >= 0.6 is 0 Å². The molecule has 1 aliphatic rings. The third-order valence-corrected chi connectivity index (χ3v) is 1.67. The highest BCUT2D eigenvalue weighted by molar-refractivity contribution is 5.81. The van der Waals surface area contributed by atoms with Crippen LogP contribution in [0.5, 0.6) is 0 Å². The highest BCUT2D eigenvalue weighted by Gasteiger charge is 2.22. The Labute approximate surface area is 55.2 Å². The first kappa shape index (κ1) is 6.75. The minimum Gasteiger partial charge on any atom is -0.377 e. The highest BCUT2D eigenvalue weighted by Crippen LogP contribution is 2.13. The Balaban J connectivity index is 2.44. The van der Waals surface area contributed by atoms with E-state index in [4.69, 9.17) is 4.74 Å². The van der Waals surface area contributed by atoms with Crippen LogP contribution in [0.3, 0.4) is 0 Å². The zero-order valence-electron chi connectivity index (χ0n) is 5.89. The van der Waals surface area contributed by atoms with Crippen molar-refractivity contribution in [2.75, 3.05) is 6.61 Å². The lowest BCUT2D eigenvalue weighted by molar-refractivity contribution is -0.133. The number of hydrogen-bond donors (Lipinski definition) is 0. The lowest BCUT2D eigenvalue weighted by atomic mass is 10.00. The molecule has 0 radical (unpaired) electrons. The predicted octanol–water partition coefficient (Wildman–Crippen LogP) is 1.00. The third kappa shape index (κ3) is 1.52. The molecule has 0 spiro atoms. The van der Waals surface area contributed by atoms with Crippen LogP contribution in [0.15, 0.2) is 0 Å². The molecule has 0 saturated carbocycles. The normalized spacial score (nSPS) is 36.9. The summed E-state index contributed by atoms with van der Waals surface area (Å²) in [7, 11) is 0. The summed E-state index contributed by atoms with van der Waals surface area (Å²) in [6, 6.07) is 0. The lowest BCUT2D eigenvalue weighted by Crippen LogP contribution is -2.30. The van der Waals surface area contributed by atoms with E-state index in [1.807, 2.05) is 13.8 Å². The average molecular weight is 128 g/mol. The molecule has 2 atom stereocenters. The molecule has 0 aromatic heterocycles. The van der Waals surface area contributed by atoms with E-state index < -0.39 is 0 Å². The maximum atomic E-state index is 10.9. The van der Waals surface area contributed by atoms with Gasteiger partial charge in [0, 0.05) is 12.3 Å². The van der Waals surface area contributed by atoms with Crippen molar-refractivity contribution >= 4 is 5.78 Å². The highest BCUT2D eigenvalue weighted by atomic mass is 16.5. The van der Waals surface area contributed by atoms with Gasteiger partial charge in [-0.05, 0) is 6.92 Å². The van der Waals surface area contributed by atoms with Crippen LogP contribution in [0, 0.1) is 5.92 Å². The molecule has 1 aliphatic heterocycles. The van der Waals surface area contributed by atoms with Crippen molar-refractivity contribution in [3.8, 4) is 0 Å². The zero-order chi connectivity index (χ0) is 6.85. The van der Waals surface area contributed by atoms with E-state index >= 15 is 0 Å². The van der Waals surface area contributed by atoms with Crippen LogP contribution in [-0.4, -0.2) is 18.5 Å². The van der Waals surface area contributed by atoms with Gasteiger partial charge in [-0.2, -0.15) is 0 Å². The SMILES string of the molecule is C[C@@H]1CO[C@@H](C)CC1=O. The molecule has 1 fully saturated rings. The molecule has 0 aromatic rings. The van der Waals surface area contributed by atoms with Crippen LogP contribution in [-0.2, 0) is 9.53 Å². The van der Waals surface area contributed by atoms with Crippen molar-refractivity contribution in [3.05, 3.63) is 0 Å². The van der Waals surface area contributed by atoms with Crippen LogP contribution < -0.4 is 0 Å². The molecule has 1 saturated heterocycles. The number of ether oxygens (including phenoxy) is 1. The van der Waals surface area contributed by atoms with E-state index in [0.29, 0.717) is 18.8 Å². The van der Waals surface area contributed by atoms with Gasteiger partial charge in [-0.25, -0.2) is 0 Å². The molecule has 0 amide bonds. The second-order valence-corrected chi connectivity index (χ2v) is 2.72. The van der Waals surface area contributed by atoms with Gasteiger partial charge in [0.25, 0.3) is 0 Å². The first-order chi connectivity index (χ1) is 4.20. The molecule has 0 aliphatic carbocycles. The number of ketones is 1. The third-order valence-electron chi connectivity index (χ3n) is 1.67. The summed E-state index contributed by atoms with van der Waals surface area (Å²) in [6.07, 6.45) is 0.745. The van der Waals surface area contributed by atoms with Gasteiger partial charge >= 0.3 is 0 Å². The minimum atomic E-state index is 0.126. The second kappa shape index (κ2) is 2.48. The van der Waals surface area contributed by atoms with Crippen molar-refractivity contribution in [2.24, 2.45) is 5.92 Å². The number of hydrogen-bond acceptors (Lipinski definition) is 2. The molecule has 0 N–H and O–H groups in total. The van der Waals surface area contributed by atoms with Crippen molar-refractivity contribution < 1.29 is 9.53 Å². The fourth-order valence-corrected chi connectivity index (χ4v) is 0.945. The molecule has 52 valence electrons. The van der Waals surface area contributed by atoms with Gasteiger partial charge in [0.2, 0.25) is 0 Å². The van der Waals surface area contributed by atoms with E-state index in [-0.39, 0.29) is 12.0 Å². The van der Waals surface area contributed by atoms with E-state index in [0.717, 1.165) is 0 Å². The standard InChI is InChI=1S/C7H12O2/c1-5-4-9-6(2)3-7(5)8/h5-6H,3-4H2,1-2H3/t5-,6+/m1/s1. The molecule has 9 heavy (non-hydrogen) atoms. The Bertz CT molecular complexity index is 120. The zero-order valence-corrected chi connectivity index (χ0v) is 5.89. The molecule has 0 bridgehead atoms. The Kier molecular flexibility index (Phi) is 1.86. The number of rotatable bonds is 0. The summed E-state index contributed by atoms with van der Waals surface area (Å²) in [6.45, 7) is 4.46. The fraction of sp³-hybridized carbons (Fsp3) is 0.857. The summed E-state index contributed by atoms with van der Waals surface area (Å²) in [5, 5.41) is 0. The fourth-order valence-electron chi connectivity index (χ4n) is 0.945. The molecular weight excluding hydrogens is 116 g/mol.